The molecule has 1 aliphatic rings. The molecule has 0 spiro atoms. The van der Waals surface area contributed by atoms with Crippen molar-refractivity contribution in [1.82, 2.24) is 10.6 Å². The van der Waals surface area contributed by atoms with Crippen LogP contribution in [0, 0.1) is 5.82 Å². The van der Waals surface area contributed by atoms with Gasteiger partial charge in [0.1, 0.15) is 5.82 Å². The third kappa shape index (κ3) is 5.18. The Bertz CT molecular complexity index is 514. The van der Waals surface area contributed by atoms with E-state index in [1.54, 1.807) is 7.11 Å². The van der Waals surface area contributed by atoms with Gasteiger partial charge in [-0.25, -0.2) is 4.39 Å². The molecule has 24 heavy (non-hydrogen) atoms. The highest BCUT2D eigenvalue weighted by molar-refractivity contribution is 5.79. The maximum absolute atomic E-state index is 13.3. The zero-order valence-corrected chi connectivity index (χ0v) is 14.6. The van der Waals surface area contributed by atoms with Crippen LogP contribution in [0.2, 0.25) is 0 Å². The van der Waals surface area contributed by atoms with Gasteiger partial charge >= 0.3 is 0 Å². The van der Waals surface area contributed by atoms with Gasteiger partial charge in [-0.05, 0) is 37.5 Å². The van der Waals surface area contributed by atoms with Crippen LogP contribution in [0.1, 0.15) is 25.3 Å². The molecule has 1 aromatic rings. The number of halogens is 1. The lowest BCUT2D eigenvalue weighted by molar-refractivity contribution is 0.0531. The first-order valence-corrected chi connectivity index (χ1v) is 8.55. The SMILES string of the molecule is CCNC(=NCC1(c2ccc(F)cc2)CCOCC1)NCCOC. The summed E-state index contributed by atoms with van der Waals surface area (Å²) in [4.78, 5) is 4.77. The lowest BCUT2D eigenvalue weighted by Gasteiger charge is -2.36. The van der Waals surface area contributed by atoms with E-state index in [9.17, 15) is 4.39 Å². The minimum Gasteiger partial charge on any atom is -0.383 e. The molecule has 1 aromatic carbocycles. The Morgan fingerprint density at radius 1 is 1.25 bits per heavy atom. The highest BCUT2D eigenvalue weighted by atomic mass is 19.1. The number of ether oxygens (including phenoxy) is 2. The number of methoxy groups -OCH3 is 1. The summed E-state index contributed by atoms with van der Waals surface area (Å²) in [6.07, 6.45) is 1.78. The maximum Gasteiger partial charge on any atom is 0.191 e. The summed E-state index contributed by atoms with van der Waals surface area (Å²) < 4.78 is 23.9. The summed E-state index contributed by atoms with van der Waals surface area (Å²) in [7, 11) is 1.68. The number of hydrogen-bond acceptors (Lipinski definition) is 3. The van der Waals surface area contributed by atoms with Crippen LogP contribution in [0.25, 0.3) is 0 Å². The summed E-state index contributed by atoms with van der Waals surface area (Å²) in [6.45, 7) is 6.23. The summed E-state index contributed by atoms with van der Waals surface area (Å²) in [5, 5.41) is 6.51. The van der Waals surface area contributed by atoms with Crippen molar-refractivity contribution in [1.29, 1.82) is 0 Å². The lowest BCUT2D eigenvalue weighted by atomic mass is 9.74. The van der Waals surface area contributed by atoms with Gasteiger partial charge in [0.25, 0.3) is 0 Å². The molecule has 2 rings (SSSR count). The van der Waals surface area contributed by atoms with Gasteiger partial charge in [-0.1, -0.05) is 12.1 Å². The number of rotatable bonds is 7. The van der Waals surface area contributed by atoms with Gasteiger partial charge in [-0.3, -0.25) is 4.99 Å². The average Bonchev–Trinajstić information content (AvgIpc) is 2.61. The Morgan fingerprint density at radius 3 is 2.58 bits per heavy atom. The molecule has 5 nitrogen and oxygen atoms in total. The Morgan fingerprint density at radius 2 is 1.96 bits per heavy atom. The monoisotopic (exact) mass is 337 g/mol. The summed E-state index contributed by atoms with van der Waals surface area (Å²) in [5.41, 5.74) is 1.03. The van der Waals surface area contributed by atoms with Crippen molar-refractivity contribution >= 4 is 5.96 Å². The first-order chi connectivity index (χ1) is 11.7. The number of nitrogens with zero attached hydrogens (tertiary/aromatic N) is 1. The second-order valence-corrected chi connectivity index (χ2v) is 6.01. The van der Waals surface area contributed by atoms with Gasteiger partial charge in [0.05, 0.1) is 13.2 Å². The van der Waals surface area contributed by atoms with E-state index in [4.69, 9.17) is 14.5 Å². The molecule has 134 valence electrons. The van der Waals surface area contributed by atoms with Gasteiger partial charge < -0.3 is 20.1 Å². The number of nitrogens with one attached hydrogen (secondary N) is 2. The van der Waals surface area contributed by atoms with Crippen molar-refractivity contribution in [3.05, 3.63) is 35.6 Å². The quantitative estimate of drug-likeness (QED) is 0.454. The fourth-order valence-electron chi connectivity index (χ4n) is 2.95. The molecule has 1 aliphatic heterocycles. The van der Waals surface area contributed by atoms with Gasteiger partial charge in [0, 0.05) is 38.8 Å². The van der Waals surface area contributed by atoms with Crippen LogP contribution in [-0.2, 0) is 14.9 Å². The van der Waals surface area contributed by atoms with Crippen molar-refractivity contribution < 1.29 is 13.9 Å². The Balaban J connectivity index is 2.14. The van der Waals surface area contributed by atoms with Crippen molar-refractivity contribution in [3.63, 3.8) is 0 Å². The number of hydrogen-bond donors (Lipinski definition) is 2. The normalized spacial score (nSPS) is 17.5. The highest BCUT2D eigenvalue weighted by Crippen LogP contribution is 2.35. The maximum atomic E-state index is 13.3. The fraction of sp³-hybridized carbons (Fsp3) is 0.611. The molecule has 0 atom stereocenters. The summed E-state index contributed by atoms with van der Waals surface area (Å²) in [5.74, 6) is 0.571. The fourth-order valence-corrected chi connectivity index (χ4v) is 2.95. The summed E-state index contributed by atoms with van der Waals surface area (Å²) >= 11 is 0. The lowest BCUT2D eigenvalue weighted by Crippen LogP contribution is -2.42. The van der Waals surface area contributed by atoms with E-state index < -0.39 is 0 Å². The second-order valence-electron chi connectivity index (χ2n) is 6.01. The van der Waals surface area contributed by atoms with E-state index in [1.165, 1.54) is 12.1 Å². The Kier molecular flexibility index (Phi) is 7.46. The van der Waals surface area contributed by atoms with E-state index in [-0.39, 0.29) is 11.2 Å². The van der Waals surface area contributed by atoms with Crippen LogP contribution in [-0.4, -0.2) is 52.5 Å². The first kappa shape index (κ1) is 18.7. The van der Waals surface area contributed by atoms with Crippen molar-refractivity contribution in [3.8, 4) is 0 Å². The zero-order chi connectivity index (χ0) is 17.3. The van der Waals surface area contributed by atoms with Crippen LogP contribution in [0.3, 0.4) is 0 Å². The summed E-state index contributed by atoms with van der Waals surface area (Å²) in [6, 6.07) is 6.81. The molecule has 1 fully saturated rings. The van der Waals surface area contributed by atoms with Crippen LogP contribution in [0.4, 0.5) is 4.39 Å². The van der Waals surface area contributed by atoms with Crippen LogP contribution >= 0.6 is 0 Å². The molecular weight excluding hydrogens is 309 g/mol. The van der Waals surface area contributed by atoms with Crippen LogP contribution in [0.15, 0.2) is 29.3 Å². The predicted octanol–water partition coefficient (Wildman–Crippen LogP) is 2.08. The third-order valence-electron chi connectivity index (χ3n) is 4.39. The number of benzene rings is 1. The molecule has 0 bridgehead atoms. The van der Waals surface area contributed by atoms with E-state index in [2.05, 4.69) is 10.6 Å². The van der Waals surface area contributed by atoms with Gasteiger partial charge in [-0.2, -0.15) is 0 Å². The highest BCUT2D eigenvalue weighted by Gasteiger charge is 2.34. The molecule has 0 radical (unpaired) electrons. The molecule has 0 unspecified atom stereocenters. The first-order valence-electron chi connectivity index (χ1n) is 8.55. The number of aliphatic imine (C=N–C) groups is 1. The molecule has 2 N–H and O–H groups in total. The minimum absolute atomic E-state index is 0.102. The van der Waals surface area contributed by atoms with Gasteiger partial charge in [-0.15, -0.1) is 0 Å². The largest absolute Gasteiger partial charge is 0.383 e. The van der Waals surface area contributed by atoms with Crippen molar-refractivity contribution in [2.45, 2.75) is 25.2 Å². The standard InChI is InChI=1S/C18H28FN3O2/c1-3-20-17(21-10-13-23-2)22-14-18(8-11-24-12-9-18)15-4-6-16(19)7-5-15/h4-7H,3,8-14H2,1-2H3,(H2,20,21,22). The molecule has 1 heterocycles. The topological polar surface area (TPSA) is 54.9 Å². The van der Waals surface area contributed by atoms with E-state index in [1.807, 2.05) is 19.1 Å². The molecule has 0 aromatic heterocycles. The Hall–Kier alpha value is -1.66. The average molecular weight is 337 g/mol. The van der Waals surface area contributed by atoms with Gasteiger partial charge in [0.15, 0.2) is 5.96 Å². The predicted molar refractivity (Wildman–Crippen MR) is 94.0 cm³/mol. The second kappa shape index (κ2) is 9.59. The Labute approximate surface area is 143 Å². The van der Waals surface area contributed by atoms with Crippen LogP contribution < -0.4 is 10.6 Å². The zero-order valence-electron chi connectivity index (χ0n) is 14.6. The molecule has 0 saturated carbocycles. The molecule has 0 amide bonds. The minimum atomic E-state index is -0.209. The number of guanidine groups is 1. The molecule has 0 aliphatic carbocycles. The van der Waals surface area contributed by atoms with E-state index >= 15 is 0 Å². The van der Waals surface area contributed by atoms with Crippen molar-refractivity contribution in [2.24, 2.45) is 4.99 Å². The third-order valence-corrected chi connectivity index (χ3v) is 4.39. The molecule has 1 saturated heterocycles. The van der Waals surface area contributed by atoms with Crippen LogP contribution in [0.5, 0.6) is 0 Å². The van der Waals surface area contributed by atoms with E-state index in [0.717, 1.165) is 30.9 Å². The van der Waals surface area contributed by atoms with E-state index in [0.29, 0.717) is 32.9 Å². The van der Waals surface area contributed by atoms with Crippen molar-refractivity contribution in [2.75, 3.05) is 46.6 Å². The van der Waals surface area contributed by atoms with Gasteiger partial charge in [0.2, 0.25) is 0 Å². The smallest absolute Gasteiger partial charge is 0.191 e. The molecular formula is C18H28FN3O2. The molecule has 6 heteroatoms.